The Bertz CT molecular complexity index is 1440. The number of guanidine groups is 1. The van der Waals surface area contributed by atoms with Crippen LogP contribution in [0.2, 0.25) is 0 Å². The van der Waals surface area contributed by atoms with Crippen molar-refractivity contribution in [1.82, 2.24) is 26.2 Å². The van der Waals surface area contributed by atoms with Crippen molar-refractivity contribution in [3.05, 3.63) is 35.4 Å². The molecule has 18 nitrogen and oxygen atoms in total. The summed E-state index contributed by atoms with van der Waals surface area (Å²) < 4.78 is 15.0. The number of fused-ring (bicyclic) bond motifs is 2. The minimum Gasteiger partial charge on any atom is -0.431 e. The molecule has 3 atom stereocenters. The van der Waals surface area contributed by atoms with Crippen LogP contribution in [-0.2, 0) is 44.7 Å². The first kappa shape index (κ1) is 40.0. The first-order valence-corrected chi connectivity index (χ1v) is 16.9. The molecule has 1 aromatic carbocycles. The van der Waals surface area contributed by atoms with E-state index in [1.165, 1.54) is 24.1 Å². The van der Waals surface area contributed by atoms with Gasteiger partial charge in [0.1, 0.15) is 24.2 Å². The number of hydrogen-bond acceptors (Lipinski definition) is 11. The summed E-state index contributed by atoms with van der Waals surface area (Å²) in [5, 5.41) is 10.2. The number of benzene rings is 1. The maximum absolute atomic E-state index is 13.5. The van der Waals surface area contributed by atoms with Crippen LogP contribution in [0.1, 0.15) is 80.6 Å². The van der Waals surface area contributed by atoms with Crippen LogP contribution in [0.4, 0.5) is 4.79 Å². The van der Waals surface area contributed by atoms with Gasteiger partial charge in [0, 0.05) is 25.7 Å². The standard InChI is InChI=1S/C33H48N8O10/c1-3-23-31(47)41(2)25(13-8-14-36-32(34)35)30(46)38-18-26(42)39-24(29(45)37-17-20-9-7-10-21(15-20)28(44)40-23)16-27(43)49-19-50-33(48)51-22-11-5-4-6-12-22/h7,9-10,15,22-25H,3-6,8,11-14,16-19H2,1-2H3,(H,37,45)(H,38,46)(H,39,42)(H,40,44)(H4,34,35,36)/t23-,24+,25+/m1/s1. The summed E-state index contributed by atoms with van der Waals surface area (Å²) in [6.45, 7) is 0.398. The number of carbonyl (C=O) groups excluding carboxylic acids is 7. The number of ether oxygens (including phenoxy) is 3. The summed E-state index contributed by atoms with van der Waals surface area (Å²) in [6, 6.07) is 2.76. The van der Waals surface area contributed by atoms with Crippen LogP contribution < -0.4 is 32.7 Å². The number of amides is 5. The number of nitrogens with two attached hydrogens (primary N) is 2. The van der Waals surface area contributed by atoms with Gasteiger partial charge in [-0.25, -0.2) is 4.79 Å². The molecule has 280 valence electrons. The Morgan fingerprint density at radius 1 is 0.941 bits per heavy atom. The second-order valence-corrected chi connectivity index (χ2v) is 12.2. The fourth-order valence-electron chi connectivity index (χ4n) is 5.57. The number of hydrogen-bond donors (Lipinski definition) is 6. The predicted molar refractivity (Wildman–Crippen MR) is 181 cm³/mol. The van der Waals surface area contributed by atoms with Crippen molar-refractivity contribution in [2.75, 3.05) is 26.9 Å². The number of aliphatic imine (C=N–C) groups is 1. The van der Waals surface area contributed by atoms with E-state index in [9.17, 15) is 33.6 Å². The van der Waals surface area contributed by atoms with Gasteiger partial charge in [-0.2, -0.15) is 0 Å². The highest BCUT2D eigenvalue weighted by Gasteiger charge is 2.32. The molecule has 1 saturated carbocycles. The van der Waals surface area contributed by atoms with Crippen molar-refractivity contribution in [1.29, 1.82) is 0 Å². The van der Waals surface area contributed by atoms with Gasteiger partial charge in [0.25, 0.3) is 5.91 Å². The van der Waals surface area contributed by atoms with Crippen molar-refractivity contribution < 1.29 is 47.8 Å². The molecule has 3 rings (SSSR count). The second kappa shape index (κ2) is 20.3. The van der Waals surface area contributed by atoms with Crippen LogP contribution in [0.25, 0.3) is 0 Å². The van der Waals surface area contributed by atoms with E-state index in [2.05, 4.69) is 26.3 Å². The van der Waals surface area contributed by atoms with Gasteiger partial charge >= 0.3 is 12.1 Å². The molecule has 1 heterocycles. The maximum Gasteiger partial charge on any atom is 0.511 e. The van der Waals surface area contributed by atoms with E-state index in [1.54, 1.807) is 19.1 Å². The largest absolute Gasteiger partial charge is 0.511 e. The molecule has 1 aromatic rings. The van der Waals surface area contributed by atoms with E-state index in [-0.39, 0.29) is 43.6 Å². The topological polar surface area (TPSA) is 263 Å². The van der Waals surface area contributed by atoms with E-state index in [4.69, 9.17) is 25.7 Å². The van der Waals surface area contributed by atoms with Crippen LogP contribution >= 0.6 is 0 Å². The molecule has 8 N–H and O–H groups in total. The Morgan fingerprint density at radius 3 is 2.37 bits per heavy atom. The Kier molecular flexibility index (Phi) is 15.9. The number of likely N-dealkylation sites (N-methyl/N-ethyl adjacent to an activating group) is 1. The molecule has 0 unspecified atom stereocenters. The molecule has 0 spiro atoms. The fourth-order valence-corrected chi connectivity index (χ4v) is 5.57. The third kappa shape index (κ3) is 13.4. The Labute approximate surface area is 295 Å². The van der Waals surface area contributed by atoms with E-state index >= 15 is 0 Å². The molecule has 1 aliphatic heterocycles. The van der Waals surface area contributed by atoms with Crippen molar-refractivity contribution in [3.8, 4) is 0 Å². The number of nitrogens with zero attached hydrogens (tertiary/aromatic N) is 2. The van der Waals surface area contributed by atoms with Gasteiger partial charge in [0.15, 0.2) is 5.96 Å². The summed E-state index contributed by atoms with van der Waals surface area (Å²) in [7, 11) is 1.41. The van der Waals surface area contributed by atoms with Gasteiger partial charge in [-0.15, -0.1) is 0 Å². The lowest BCUT2D eigenvalue weighted by molar-refractivity contribution is -0.155. The smallest absolute Gasteiger partial charge is 0.431 e. The predicted octanol–water partition coefficient (Wildman–Crippen LogP) is -0.317. The minimum atomic E-state index is -1.47. The molecule has 0 saturated heterocycles. The number of nitrogens with one attached hydrogen (secondary N) is 4. The highest BCUT2D eigenvalue weighted by molar-refractivity contribution is 5.99. The van der Waals surface area contributed by atoms with Crippen LogP contribution in [0.15, 0.2) is 29.3 Å². The molecule has 1 aliphatic carbocycles. The first-order valence-electron chi connectivity index (χ1n) is 16.9. The molecule has 0 aromatic heterocycles. The molecule has 18 heteroatoms. The summed E-state index contributed by atoms with van der Waals surface area (Å²) in [5.74, 6) is -4.49. The average Bonchev–Trinajstić information content (AvgIpc) is 3.11. The van der Waals surface area contributed by atoms with Crippen LogP contribution in [0.5, 0.6) is 0 Å². The average molecular weight is 717 g/mol. The van der Waals surface area contributed by atoms with E-state index in [0.29, 0.717) is 12.0 Å². The molecule has 2 aliphatic rings. The third-order valence-corrected chi connectivity index (χ3v) is 8.37. The minimum absolute atomic E-state index is 0.0887. The third-order valence-electron chi connectivity index (χ3n) is 8.37. The summed E-state index contributed by atoms with van der Waals surface area (Å²) >= 11 is 0. The Balaban J connectivity index is 1.76. The number of esters is 1. The lowest BCUT2D eigenvalue weighted by Gasteiger charge is -2.30. The Morgan fingerprint density at radius 2 is 1.67 bits per heavy atom. The fraction of sp³-hybridized carbons (Fsp3) is 0.576. The number of carbonyl (C=O) groups is 7. The van der Waals surface area contributed by atoms with Crippen LogP contribution in [0.3, 0.4) is 0 Å². The normalized spacial score (nSPS) is 21.1. The maximum atomic E-state index is 13.5. The van der Waals surface area contributed by atoms with Gasteiger partial charge in [-0.1, -0.05) is 25.5 Å². The lowest BCUT2D eigenvalue weighted by atomic mass is 9.98. The van der Waals surface area contributed by atoms with E-state index in [0.717, 1.165) is 32.1 Å². The molecule has 1 fully saturated rings. The monoisotopic (exact) mass is 716 g/mol. The highest BCUT2D eigenvalue weighted by atomic mass is 16.8. The quantitative estimate of drug-likeness (QED) is 0.0599. The summed E-state index contributed by atoms with van der Waals surface area (Å²) in [6.07, 6.45) is 3.08. The number of rotatable bonds is 10. The van der Waals surface area contributed by atoms with Crippen LogP contribution in [-0.4, -0.2) is 104 Å². The Hall–Kier alpha value is -5.42. The summed E-state index contributed by atoms with van der Waals surface area (Å²) in [5.41, 5.74) is 11.5. The zero-order valence-corrected chi connectivity index (χ0v) is 28.9. The highest BCUT2D eigenvalue weighted by Crippen LogP contribution is 2.20. The lowest BCUT2D eigenvalue weighted by Crippen LogP contribution is -2.55. The van der Waals surface area contributed by atoms with Gasteiger partial charge in [0.2, 0.25) is 30.4 Å². The van der Waals surface area contributed by atoms with Crippen molar-refractivity contribution >= 4 is 47.6 Å². The van der Waals surface area contributed by atoms with Crippen molar-refractivity contribution in [2.45, 2.75) is 95.5 Å². The van der Waals surface area contributed by atoms with Crippen molar-refractivity contribution in [3.63, 3.8) is 0 Å². The van der Waals surface area contributed by atoms with Gasteiger partial charge in [0.05, 0.1) is 13.0 Å². The molecule has 51 heavy (non-hydrogen) atoms. The second-order valence-electron chi connectivity index (χ2n) is 12.2. The zero-order chi connectivity index (χ0) is 37.3. The van der Waals surface area contributed by atoms with E-state index in [1.807, 2.05) is 0 Å². The van der Waals surface area contributed by atoms with Gasteiger partial charge in [-0.3, -0.25) is 33.8 Å². The van der Waals surface area contributed by atoms with Gasteiger partial charge in [-0.05, 0) is 62.6 Å². The zero-order valence-electron chi connectivity index (χ0n) is 28.9. The summed E-state index contributed by atoms with van der Waals surface area (Å²) in [4.78, 5) is 96.1. The van der Waals surface area contributed by atoms with Crippen LogP contribution in [0, 0.1) is 0 Å². The molecule has 0 radical (unpaired) electrons. The van der Waals surface area contributed by atoms with Crippen molar-refractivity contribution in [2.24, 2.45) is 16.5 Å². The first-order chi connectivity index (χ1) is 24.4. The molecule has 2 bridgehead atoms. The molecule has 5 amide bonds. The van der Waals surface area contributed by atoms with E-state index < -0.39 is 79.5 Å². The molecular weight excluding hydrogens is 668 g/mol. The molecular formula is C33H48N8O10. The SMILES string of the molecule is CC[C@H]1NC(=O)c2cccc(c2)CNC(=O)[C@H](CC(=O)OCOC(=O)OC2CCCCC2)NC(=O)CNC(=O)[C@H](CCCN=C(N)N)N(C)C1=O. The van der Waals surface area contributed by atoms with Gasteiger partial charge < -0.3 is 51.8 Å².